The lowest BCUT2D eigenvalue weighted by Crippen LogP contribution is -2.36. The Kier molecular flexibility index (Phi) is 5.33. The molecule has 0 saturated carbocycles. The molecule has 0 amide bonds. The molecule has 0 bridgehead atoms. The van der Waals surface area contributed by atoms with Crippen LogP contribution >= 0.6 is 0 Å². The Balaban J connectivity index is 2.15. The van der Waals surface area contributed by atoms with Crippen LogP contribution in [0.4, 0.5) is 0 Å². The molecule has 0 fully saturated rings. The van der Waals surface area contributed by atoms with Gasteiger partial charge in [0.2, 0.25) is 0 Å². The third-order valence-corrected chi connectivity index (χ3v) is 3.58. The van der Waals surface area contributed by atoms with Crippen molar-refractivity contribution >= 4 is 11.8 Å². The third-order valence-electron chi connectivity index (χ3n) is 3.58. The molecule has 0 aromatic heterocycles. The number of ketones is 1. The zero-order valence-corrected chi connectivity index (χ0v) is 12.9. The minimum Gasteiger partial charge on any atom is -0.497 e. The van der Waals surface area contributed by atoms with Crippen LogP contribution < -0.4 is 4.74 Å². The van der Waals surface area contributed by atoms with Crippen molar-refractivity contribution in [1.82, 2.24) is 0 Å². The molecule has 1 aromatic rings. The van der Waals surface area contributed by atoms with E-state index in [0.717, 1.165) is 11.3 Å². The Morgan fingerprint density at radius 1 is 1.14 bits per heavy atom. The summed E-state index contributed by atoms with van der Waals surface area (Å²) >= 11 is 0. The van der Waals surface area contributed by atoms with Gasteiger partial charge in [0.05, 0.1) is 13.0 Å². The highest BCUT2D eigenvalue weighted by Crippen LogP contribution is 2.30. The molecule has 118 valence electrons. The summed E-state index contributed by atoms with van der Waals surface area (Å²) in [5.74, 6) is -0.0292. The number of methoxy groups -OCH3 is 1. The second-order valence-corrected chi connectivity index (χ2v) is 5.19. The fraction of sp³-hybridized carbons (Fsp3) is 0.412. The van der Waals surface area contributed by atoms with E-state index in [4.69, 9.17) is 14.2 Å². The normalized spacial score (nSPS) is 23.9. The number of hydrogen-bond acceptors (Lipinski definition) is 5. The molecule has 0 saturated heterocycles. The molecule has 5 heteroatoms. The summed E-state index contributed by atoms with van der Waals surface area (Å²) in [6.07, 6.45) is 2.94. The van der Waals surface area contributed by atoms with Crippen LogP contribution in [0.5, 0.6) is 5.75 Å². The van der Waals surface area contributed by atoms with E-state index >= 15 is 0 Å². The van der Waals surface area contributed by atoms with Crippen molar-refractivity contribution in [3.63, 3.8) is 0 Å². The summed E-state index contributed by atoms with van der Waals surface area (Å²) < 4.78 is 16.1. The van der Waals surface area contributed by atoms with Gasteiger partial charge >= 0.3 is 5.97 Å². The van der Waals surface area contributed by atoms with E-state index < -0.39 is 12.0 Å². The van der Waals surface area contributed by atoms with Gasteiger partial charge in [-0.15, -0.1) is 0 Å². The maximum Gasteiger partial charge on any atom is 0.302 e. The number of ether oxygens (including phenoxy) is 3. The fourth-order valence-corrected chi connectivity index (χ4v) is 2.39. The van der Waals surface area contributed by atoms with Gasteiger partial charge in [-0.05, 0) is 24.6 Å². The van der Waals surface area contributed by atoms with E-state index in [-0.39, 0.29) is 24.5 Å². The van der Waals surface area contributed by atoms with Crippen molar-refractivity contribution < 1.29 is 23.8 Å². The van der Waals surface area contributed by atoms with Gasteiger partial charge < -0.3 is 14.2 Å². The predicted molar refractivity (Wildman–Crippen MR) is 80.6 cm³/mol. The lowest BCUT2D eigenvalue weighted by molar-refractivity contribution is -0.151. The lowest BCUT2D eigenvalue weighted by Gasteiger charge is -2.31. The molecule has 1 heterocycles. The Bertz CT molecular complexity index is 561. The Morgan fingerprint density at radius 3 is 2.36 bits per heavy atom. The van der Waals surface area contributed by atoms with Gasteiger partial charge in [-0.3, -0.25) is 9.59 Å². The van der Waals surface area contributed by atoms with Crippen molar-refractivity contribution in [1.29, 1.82) is 0 Å². The van der Waals surface area contributed by atoms with Gasteiger partial charge in [-0.25, -0.2) is 0 Å². The summed E-state index contributed by atoms with van der Waals surface area (Å²) in [5.41, 5.74) is 0.951. The Labute approximate surface area is 129 Å². The van der Waals surface area contributed by atoms with Crippen molar-refractivity contribution in [2.75, 3.05) is 13.7 Å². The highest BCUT2D eigenvalue weighted by molar-refractivity contribution is 5.81. The Morgan fingerprint density at radius 2 is 1.82 bits per heavy atom. The lowest BCUT2D eigenvalue weighted by atomic mass is 9.93. The number of benzene rings is 1. The van der Waals surface area contributed by atoms with Crippen LogP contribution in [0.3, 0.4) is 0 Å². The first-order valence-electron chi connectivity index (χ1n) is 7.13. The molecule has 22 heavy (non-hydrogen) atoms. The van der Waals surface area contributed by atoms with E-state index in [2.05, 4.69) is 0 Å². The van der Waals surface area contributed by atoms with E-state index in [1.807, 2.05) is 36.4 Å². The molecule has 1 aliphatic heterocycles. The average molecular weight is 304 g/mol. The quantitative estimate of drug-likeness (QED) is 0.617. The fourth-order valence-electron chi connectivity index (χ4n) is 2.39. The maximum atomic E-state index is 11.7. The monoisotopic (exact) mass is 304 g/mol. The number of carbonyl (C=O) groups excluding carboxylic acids is 2. The molecule has 0 N–H and O–H groups in total. The highest BCUT2D eigenvalue weighted by atomic mass is 16.6. The van der Waals surface area contributed by atoms with Crippen LogP contribution in [-0.2, 0) is 19.1 Å². The minimum absolute atomic E-state index is 0.0124. The maximum absolute atomic E-state index is 11.7. The van der Waals surface area contributed by atoms with Crippen LogP contribution in [0, 0.1) is 5.92 Å². The largest absolute Gasteiger partial charge is 0.497 e. The summed E-state index contributed by atoms with van der Waals surface area (Å²) in [6.45, 7) is 2.91. The van der Waals surface area contributed by atoms with Crippen molar-refractivity contribution in [2.24, 2.45) is 5.92 Å². The number of esters is 1. The van der Waals surface area contributed by atoms with Crippen molar-refractivity contribution in [3.8, 4) is 5.75 Å². The first-order valence-corrected chi connectivity index (χ1v) is 7.13. The molecule has 0 aliphatic carbocycles. The second kappa shape index (κ2) is 7.22. The molecule has 3 atom stereocenters. The number of hydrogen-bond donors (Lipinski definition) is 0. The second-order valence-electron chi connectivity index (χ2n) is 5.19. The zero-order chi connectivity index (χ0) is 16.1. The summed E-state index contributed by atoms with van der Waals surface area (Å²) in [7, 11) is 1.61. The van der Waals surface area contributed by atoms with E-state index in [1.165, 1.54) is 13.8 Å². The average Bonchev–Trinajstić information content (AvgIpc) is 2.52. The molecule has 0 radical (unpaired) electrons. The third kappa shape index (κ3) is 3.95. The van der Waals surface area contributed by atoms with Gasteiger partial charge in [0.25, 0.3) is 0 Å². The first kappa shape index (κ1) is 16.2. The summed E-state index contributed by atoms with van der Waals surface area (Å²) in [6, 6.07) is 7.52. The number of Topliss-reactive ketones (excluding diaryl/α,β-unsaturated/α-hetero) is 1. The van der Waals surface area contributed by atoms with Crippen LogP contribution in [0.15, 0.2) is 36.4 Å². The molecule has 0 unspecified atom stereocenters. The van der Waals surface area contributed by atoms with E-state index in [0.29, 0.717) is 0 Å². The molecular formula is C17H20O5. The SMILES string of the molecule is COc1ccc([C@@H]2C=C[C@H](C(C)=O)[C@@H](COC(C)=O)O2)cc1. The molecule has 5 nitrogen and oxygen atoms in total. The van der Waals surface area contributed by atoms with E-state index in [1.54, 1.807) is 7.11 Å². The van der Waals surface area contributed by atoms with Gasteiger partial charge in [0.1, 0.15) is 30.3 Å². The van der Waals surface area contributed by atoms with Gasteiger partial charge in [-0.2, -0.15) is 0 Å². The van der Waals surface area contributed by atoms with Gasteiger partial charge in [-0.1, -0.05) is 24.3 Å². The number of rotatable bonds is 5. The summed E-state index contributed by atoms with van der Waals surface area (Å²) in [5, 5.41) is 0. The van der Waals surface area contributed by atoms with Gasteiger partial charge in [0.15, 0.2) is 0 Å². The minimum atomic E-state index is -0.474. The Hall–Kier alpha value is -2.14. The summed E-state index contributed by atoms with van der Waals surface area (Å²) in [4.78, 5) is 22.7. The van der Waals surface area contributed by atoms with E-state index in [9.17, 15) is 9.59 Å². The smallest absolute Gasteiger partial charge is 0.302 e. The molecule has 1 aromatic carbocycles. The molecular weight excluding hydrogens is 284 g/mol. The molecule has 2 rings (SSSR count). The van der Waals surface area contributed by atoms with Crippen LogP contribution in [0.1, 0.15) is 25.5 Å². The molecule has 1 aliphatic rings. The van der Waals surface area contributed by atoms with Crippen molar-refractivity contribution in [3.05, 3.63) is 42.0 Å². The van der Waals surface area contributed by atoms with Gasteiger partial charge in [0, 0.05) is 6.92 Å². The van der Waals surface area contributed by atoms with Crippen LogP contribution in [0.25, 0.3) is 0 Å². The zero-order valence-electron chi connectivity index (χ0n) is 12.9. The predicted octanol–water partition coefficient (Wildman–Crippen LogP) is 2.46. The van der Waals surface area contributed by atoms with Crippen LogP contribution in [0.2, 0.25) is 0 Å². The highest BCUT2D eigenvalue weighted by Gasteiger charge is 2.31. The van der Waals surface area contributed by atoms with Crippen LogP contribution in [-0.4, -0.2) is 31.6 Å². The number of carbonyl (C=O) groups is 2. The van der Waals surface area contributed by atoms with Crippen molar-refractivity contribution in [2.45, 2.75) is 26.1 Å². The first-order chi connectivity index (χ1) is 10.5. The topological polar surface area (TPSA) is 61.8 Å². The standard InChI is InChI=1S/C17H20O5/c1-11(18)15-8-9-16(22-17(15)10-21-12(2)19)13-4-6-14(20-3)7-5-13/h4-9,15-17H,10H2,1-3H3/t15-,16+,17-/m1/s1. The molecule has 0 spiro atoms.